The van der Waals surface area contributed by atoms with Crippen molar-refractivity contribution in [3.8, 4) is 11.4 Å². The van der Waals surface area contributed by atoms with Crippen molar-refractivity contribution in [2.75, 3.05) is 13.1 Å². The zero-order valence-corrected chi connectivity index (χ0v) is 18.5. The number of aromatic nitrogens is 2. The van der Waals surface area contributed by atoms with Crippen LogP contribution >= 0.6 is 0 Å². The molecule has 0 atom stereocenters. The fourth-order valence-corrected chi connectivity index (χ4v) is 5.10. The fourth-order valence-electron chi connectivity index (χ4n) is 3.54. The molecule has 4 rings (SSSR count). The van der Waals surface area contributed by atoms with Crippen LogP contribution in [0, 0.1) is 0 Å². The van der Waals surface area contributed by atoms with Crippen LogP contribution in [0.1, 0.15) is 40.1 Å². The van der Waals surface area contributed by atoms with E-state index < -0.39 is 21.8 Å². The monoisotopic (exact) mass is 469 g/mol. The van der Waals surface area contributed by atoms with Crippen LogP contribution in [0.5, 0.6) is 5.75 Å². The van der Waals surface area contributed by atoms with E-state index in [0.29, 0.717) is 18.8 Å². The number of para-hydroxylation sites is 1. The molecule has 1 fully saturated rings. The zero-order valence-electron chi connectivity index (χ0n) is 17.6. The minimum Gasteiger partial charge on any atom is -0.504 e. The smallest absolute Gasteiger partial charge is 0.294 e. The van der Waals surface area contributed by atoms with Crippen molar-refractivity contribution < 1.29 is 23.1 Å². The Bertz CT molecular complexity index is 1270. The number of rotatable bonds is 5. The van der Waals surface area contributed by atoms with Gasteiger partial charge in [0, 0.05) is 18.7 Å². The van der Waals surface area contributed by atoms with E-state index in [0.717, 1.165) is 19.3 Å². The zero-order chi connectivity index (χ0) is 23.4. The normalized spacial score (nSPS) is 14.5. The first-order valence-electron chi connectivity index (χ1n) is 10.4. The van der Waals surface area contributed by atoms with Gasteiger partial charge in [-0.05, 0) is 43.2 Å². The van der Waals surface area contributed by atoms with Crippen LogP contribution in [0.15, 0.2) is 65.7 Å². The van der Waals surface area contributed by atoms with E-state index in [9.17, 15) is 23.1 Å². The molecule has 1 aliphatic heterocycles. The van der Waals surface area contributed by atoms with E-state index in [1.54, 1.807) is 24.3 Å². The molecule has 2 aromatic carbocycles. The number of sulfonamides is 1. The first-order chi connectivity index (χ1) is 15.9. The predicted molar refractivity (Wildman–Crippen MR) is 119 cm³/mol. The van der Waals surface area contributed by atoms with Crippen LogP contribution in [-0.2, 0) is 10.0 Å². The van der Waals surface area contributed by atoms with Crippen LogP contribution in [0.2, 0.25) is 0 Å². The van der Waals surface area contributed by atoms with Crippen LogP contribution in [0.3, 0.4) is 0 Å². The highest BCUT2D eigenvalue weighted by Crippen LogP contribution is 2.21. The summed E-state index contributed by atoms with van der Waals surface area (Å²) in [6.07, 6.45) is 3.88. The first-order valence-corrected chi connectivity index (χ1v) is 11.9. The summed E-state index contributed by atoms with van der Waals surface area (Å²) in [5.74, 6) is -1.89. The molecule has 11 heteroatoms. The van der Waals surface area contributed by atoms with Crippen LogP contribution < -0.4 is 10.9 Å². The van der Waals surface area contributed by atoms with E-state index in [1.807, 2.05) is 6.07 Å². The number of carbonyl (C=O) groups is 2. The molecule has 172 valence electrons. The Morgan fingerprint density at radius 3 is 2.33 bits per heavy atom. The standard InChI is InChI=1S/C22H23N5O5S/c28-19-15-27(17-9-3-1-4-10-17)25-20(19)22(30)24-23-21(29)16-8-7-11-18(14-16)33(31,32)26-12-5-2-6-13-26/h1,3-4,7-11,14-15,28H,2,5-6,12-13H2,(H,23,29)(H,24,30). The van der Waals surface area contributed by atoms with Gasteiger partial charge in [-0.1, -0.05) is 30.7 Å². The summed E-state index contributed by atoms with van der Waals surface area (Å²) in [6, 6.07) is 14.5. The Kier molecular flexibility index (Phi) is 6.43. The Labute approximate surface area is 190 Å². The summed E-state index contributed by atoms with van der Waals surface area (Å²) in [4.78, 5) is 25.0. The maximum atomic E-state index is 12.9. The highest BCUT2D eigenvalue weighted by Gasteiger charge is 2.26. The molecule has 1 saturated heterocycles. The number of carbonyl (C=O) groups excluding carboxylic acids is 2. The molecule has 1 aromatic heterocycles. The summed E-state index contributed by atoms with van der Waals surface area (Å²) < 4.78 is 28.5. The number of hydrogen-bond acceptors (Lipinski definition) is 6. The van der Waals surface area contributed by atoms with Crippen molar-refractivity contribution in [1.29, 1.82) is 0 Å². The lowest BCUT2D eigenvalue weighted by atomic mass is 10.2. The summed E-state index contributed by atoms with van der Waals surface area (Å²) in [5, 5.41) is 14.1. The molecule has 0 unspecified atom stereocenters. The summed E-state index contributed by atoms with van der Waals surface area (Å²) in [6.45, 7) is 0.905. The molecular formula is C22H23N5O5S. The van der Waals surface area contributed by atoms with Crippen LogP contribution in [0.25, 0.3) is 5.69 Å². The van der Waals surface area contributed by atoms with Crippen LogP contribution in [0.4, 0.5) is 0 Å². The summed E-state index contributed by atoms with van der Waals surface area (Å²) in [7, 11) is -3.70. The van der Waals surface area contributed by atoms with Gasteiger partial charge in [-0.3, -0.25) is 20.4 Å². The van der Waals surface area contributed by atoms with Gasteiger partial charge in [0.05, 0.1) is 16.8 Å². The summed E-state index contributed by atoms with van der Waals surface area (Å²) >= 11 is 0. The Morgan fingerprint density at radius 2 is 1.61 bits per heavy atom. The molecule has 2 heterocycles. The number of piperidine rings is 1. The number of nitrogens with zero attached hydrogens (tertiary/aromatic N) is 3. The van der Waals surface area contributed by atoms with Crippen molar-refractivity contribution in [2.45, 2.75) is 24.2 Å². The molecule has 1 aliphatic rings. The fraction of sp³-hybridized carbons (Fsp3) is 0.227. The van der Waals surface area contributed by atoms with Gasteiger partial charge in [0.1, 0.15) is 0 Å². The third-order valence-electron chi connectivity index (χ3n) is 5.27. The molecular weight excluding hydrogens is 446 g/mol. The second kappa shape index (κ2) is 9.43. The minimum atomic E-state index is -3.70. The van der Waals surface area contributed by atoms with Crippen molar-refractivity contribution >= 4 is 21.8 Å². The number of amides is 2. The van der Waals surface area contributed by atoms with Crippen molar-refractivity contribution in [2.24, 2.45) is 0 Å². The number of hydrazine groups is 1. The second-order valence-electron chi connectivity index (χ2n) is 7.54. The first kappa shape index (κ1) is 22.5. The van der Waals surface area contributed by atoms with Gasteiger partial charge in [0.2, 0.25) is 10.0 Å². The predicted octanol–water partition coefficient (Wildman–Crippen LogP) is 1.83. The van der Waals surface area contributed by atoms with Crippen molar-refractivity contribution in [3.05, 3.63) is 72.1 Å². The van der Waals surface area contributed by atoms with Gasteiger partial charge in [-0.25, -0.2) is 13.1 Å². The lowest BCUT2D eigenvalue weighted by molar-refractivity contribution is 0.0842. The molecule has 3 N–H and O–H groups in total. The average Bonchev–Trinajstić information content (AvgIpc) is 3.25. The maximum Gasteiger partial charge on any atom is 0.294 e. The molecule has 0 radical (unpaired) electrons. The van der Waals surface area contributed by atoms with Crippen molar-refractivity contribution in [1.82, 2.24) is 24.9 Å². The number of nitrogens with one attached hydrogen (secondary N) is 2. The Balaban J connectivity index is 1.44. The van der Waals surface area contributed by atoms with Gasteiger partial charge in [-0.2, -0.15) is 9.40 Å². The van der Waals surface area contributed by atoms with E-state index in [-0.39, 0.29) is 21.9 Å². The number of benzene rings is 2. The third-order valence-corrected chi connectivity index (χ3v) is 7.16. The van der Waals surface area contributed by atoms with Gasteiger partial charge >= 0.3 is 0 Å². The SMILES string of the molecule is O=C(NNC(=O)c1nn(-c2ccccc2)cc1O)c1cccc(S(=O)(=O)N2CCCCC2)c1. The number of aromatic hydroxyl groups is 1. The Morgan fingerprint density at radius 1 is 0.909 bits per heavy atom. The van der Waals surface area contributed by atoms with Crippen LogP contribution in [-0.4, -0.2) is 52.5 Å². The lowest BCUT2D eigenvalue weighted by Crippen LogP contribution is -2.42. The minimum absolute atomic E-state index is 0.0163. The van der Waals surface area contributed by atoms with E-state index in [1.165, 1.54) is 39.4 Å². The van der Waals surface area contributed by atoms with Gasteiger partial charge < -0.3 is 5.11 Å². The largest absolute Gasteiger partial charge is 0.504 e. The highest BCUT2D eigenvalue weighted by atomic mass is 32.2. The van der Waals surface area contributed by atoms with E-state index in [4.69, 9.17) is 0 Å². The molecule has 0 spiro atoms. The number of hydrogen-bond donors (Lipinski definition) is 3. The lowest BCUT2D eigenvalue weighted by Gasteiger charge is -2.26. The highest BCUT2D eigenvalue weighted by molar-refractivity contribution is 7.89. The molecule has 0 saturated carbocycles. The molecule has 2 amide bonds. The van der Waals surface area contributed by atoms with Gasteiger partial charge in [-0.15, -0.1) is 0 Å². The quantitative estimate of drug-likeness (QED) is 0.488. The molecule has 3 aromatic rings. The maximum absolute atomic E-state index is 12.9. The van der Waals surface area contributed by atoms with Gasteiger partial charge in [0.15, 0.2) is 11.4 Å². The van der Waals surface area contributed by atoms with E-state index in [2.05, 4.69) is 16.0 Å². The average molecular weight is 470 g/mol. The third kappa shape index (κ3) is 4.89. The van der Waals surface area contributed by atoms with Gasteiger partial charge in [0.25, 0.3) is 11.8 Å². The summed E-state index contributed by atoms with van der Waals surface area (Å²) in [5.41, 5.74) is 4.84. The van der Waals surface area contributed by atoms with E-state index >= 15 is 0 Å². The molecule has 33 heavy (non-hydrogen) atoms. The Hall–Kier alpha value is -3.70. The molecule has 0 aliphatic carbocycles. The topological polar surface area (TPSA) is 134 Å². The van der Waals surface area contributed by atoms with Crippen molar-refractivity contribution in [3.63, 3.8) is 0 Å². The molecule has 0 bridgehead atoms. The second-order valence-corrected chi connectivity index (χ2v) is 9.48. The molecule has 10 nitrogen and oxygen atoms in total.